The summed E-state index contributed by atoms with van der Waals surface area (Å²) >= 11 is 4.94. The average molecular weight is 326 g/mol. The summed E-state index contributed by atoms with van der Waals surface area (Å²) in [5.41, 5.74) is 1.42. The number of hydrogen-bond donors (Lipinski definition) is 2. The number of aromatic nitrogens is 4. The molecule has 4 rings (SSSR count). The van der Waals surface area contributed by atoms with Crippen molar-refractivity contribution >= 4 is 18.1 Å². The maximum absolute atomic E-state index is 12.3. The zero-order chi connectivity index (χ0) is 16.0. The van der Waals surface area contributed by atoms with E-state index in [9.17, 15) is 9.59 Å². The first-order chi connectivity index (χ1) is 11.1. The van der Waals surface area contributed by atoms with Crippen LogP contribution in [0.25, 0.3) is 0 Å². The van der Waals surface area contributed by atoms with Gasteiger partial charge in [-0.2, -0.15) is 0 Å². The fourth-order valence-corrected chi connectivity index (χ4v) is 2.70. The molecule has 0 aliphatic carbocycles. The third kappa shape index (κ3) is 2.29. The number of nitrogens with one attached hydrogen (secondary N) is 2. The second-order valence-corrected chi connectivity index (χ2v) is 5.50. The second kappa shape index (κ2) is 5.03. The molecule has 0 atom stereocenters. The van der Waals surface area contributed by atoms with Crippen molar-refractivity contribution in [1.29, 1.82) is 0 Å². The molecule has 0 saturated carbocycles. The molecule has 0 radical (unpaired) electrons. The highest BCUT2D eigenvalue weighted by molar-refractivity contribution is 7.71. The van der Waals surface area contributed by atoms with Crippen LogP contribution in [-0.4, -0.2) is 25.4 Å². The summed E-state index contributed by atoms with van der Waals surface area (Å²) in [6.07, 6.45) is 4.92. The molecule has 0 bridgehead atoms. The number of H-pyrrole nitrogens is 2. The Hall–Kier alpha value is -3.00. The van der Waals surface area contributed by atoms with Crippen LogP contribution in [0.2, 0.25) is 0 Å². The smallest absolute Gasteiger partial charge is 0.263 e. The Bertz CT molecular complexity index is 1030. The topological polar surface area (TPSA) is 92.8 Å². The number of imidazole rings is 1. The summed E-state index contributed by atoms with van der Waals surface area (Å²) in [4.78, 5) is 33.6. The van der Waals surface area contributed by atoms with E-state index >= 15 is 0 Å². The third-order valence-corrected chi connectivity index (χ3v) is 3.83. The normalized spacial score (nSPS) is 12.2. The predicted octanol–water partition coefficient (Wildman–Crippen LogP) is 2.01. The van der Waals surface area contributed by atoms with Gasteiger partial charge in [0, 0.05) is 29.9 Å². The van der Waals surface area contributed by atoms with Gasteiger partial charge in [-0.3, -0.25) is 19.1 Å². The standard InChI is InChI=1S/C15H10N4O3S/c20-12-10-6-9-5-8(14(21)19-4-3-16-7-19)1-2-11(9)22-13(10)18-15(23)17-12/h1-5,7H,6H2,(H2,17,18,20,23). The number of carbonyl (C=O) groups excluding carboxylic acids is 1. The molecular formula is C15H10N4O3S. The summed E-state index contributed by atoms with van der Waals surface area (Å²) in [7, 11) is 0. The van der Waals surface area contributed by atoms with Crippen molar-refractivity contribution in [3.8, 4) is 11.6 Å². The van der Waals surface area contributed by atoms with Crippen LogP contribution < -0.4 is 10.3 Å². The summed E-state index contributed by atoms with van der Waals surface area (Å²) < 4.78 is 7.30. The van der Waals surface area contributed by atoms with Gasteiger partial charge in [0.25, 0.3) is 11.5 Å². The lowest BCUT2D eigenvalue weighted by Crippen LogP contribution is -2.19. The fraction of sp³-hybridized carbons (Fsp3) is 0.0667. The number of hydrogen-bond acceptors (Lipinski definition) is 5. The lowest BCUT2D eigenvalue weighted by molar-refractivity contribution is 0.0959. The van der Waals surface area contributed by atoms with Crippen molar-refractivity contribution in [2.75, 3.05) is 0 Å². The summed E-state index contributed by atoms with van der Waals surface area (Å²) in [6.45, 7) is 0. The van der Waals surface area contributed by atoms with Crippen LogP contribution >= 0.6 is 12.2 Å². The molecule has 7 nitrogen and oxygen atoms in total. The maximum atomic E-state index is 12.3. The number of fused-ring (bicyclic) bond motifs is 2. The lowest BCUT2D eigenvalue weighted by Gasteiger charge is -2.19. The maximum Gasteiger partial charge on any atom is 0.263 e. The van der Waals surface area contributed by atoms with E-state index in [1.165, 1.54) is 17.1 Å². The Morgan fingerprint density at radius 2 is 2.22 bits per heavy atom. The van der Waals surface area contributed by atoms with Crippen molar-refractivity contribution in [2.24, 2.45) is 0 Å². The number of carbonyl (C=O) groups is 1. The van der Waals surface area contributed by atoms with Crippen LogP contribution in [-0.2, 0) is 6.42 Å². The molecule has 1 aromatic carbocycles. The van der Waals surface area contributed by atoms with E-state index in [2.05, 4.69) is 15.0 Å². The van der Waals surface area contributed by atoms with E-state index in [4.69, 9.17) is 17.0 Å². The molecule has 3 heterocycles. The molecule has 2 N–H and O–H groups in total. The second-order valence-electron chi connectivity index (χ2n) is 5.09. The van der Waals surface area contributed by atoms with Crippen molar-refractivity contribution in [3.63, 3.8) is 0 Å². The predicted molar refractivity (Wildman–Crippen MR) is 83.5 cm³/mol. The Kier molecular flexibility index (Phi) is 2.98. The SMILES string of the molecule is O=C(c1ccc2c(c1)Cc1c([nH]c(=S)[nH]c1=O)O2)n1ccnc1. The monoisotopic (exact) mass is 326 g/mol. The molecule has 0 unspecified atom stereocenters. The third-order valence-electron chi connectivity index (χ3n) is 3.63. The van der Waals surface area contributed by atoms with Crippen molar-refractivity contribution in [2.45, 2.75) is 6.42 Å². The summed E-state index contributed by atoms with van der Waals surface area (Å²) in [6, 6.07) is 5.11. The van der Waals surface area contributed by atoms with Crippen LogP contribution in [0.4, 0.5) is 0 Å². The number of nitrogens with zero attached hydrogens (tertiary/aromatic N) is 2. The van der Waals surface area contributed by atoms with Gasteiger partial charge in [-0.15, -0.1) is 0 Å². The van der Waals surface area contributed by atoms with Gasteiger partial charge in [0.2, 0.25) is 5.88 Å². The van der Waals surface area contributed by atoms with Crippen LogP contribution in [0.15, 0.2) is 41.7 Å². The number of benzene rings is 1. The minimum Gasteiger partial charge on any atom is -0.440 e. The number of ether oxygens (including phenoxy) is 1. The van der Waals surface area contributed by atoms with E-state index < -0.39 is 0 Å². The number of rotatable bonds is 1. The fourth-order valence-electron chi connectivity index (χ4n) is 2.52. The van der Waals surface area contributed by atoms with E-state index in [0.717, 1.165) is 5.56 Å². The van der Waals surface area contributed by atoms with Gasteiger partial charge in [0.1, 0.15) is 12.1 Å². The first kappa shape index (κ1) is 13.6. The van der Waals surface area contributed by atoms with Crippen LogP contribution in [0.1, 0.15) is 21.5 Å². The van der Waals surface area contributed by atoms with E-state index in [1.54, 1.807) is 24.4 Å². The highest BCUT2D eigenvalue weighted by Crippen LogP contribution is 2.33. The Morgan fingerprint density at radius 3 is 3.00 bits per heavy atom. The van der Waals surface area contributed by atoms with Crippen LogP contribution in [0.3, 0.4) is 0 Å². The summed E-state index contributed by atoms with van der Waals surface area (Å²) in [5.74, 6) is 0.744. The van der Waals surface area contributed by atoms with Crippen LogP contribution in [0, 0.1) is 4.77 Å². The quantitative estimate of drug-likeness (QED) is 0.522. The highest BCUT2D eigenvalue weighted by atomic mass is 32.1. The highest BCUT2D eigenvalue weighted by Gasteiger charge is 2.22. The summed E-state index contributed by atoms with van der Waals surface area (Å²) in [5, 5.41) is 0. The van der Waals surface area contributed by atoms with E-state index in [-0.39, 0.29) is 16.2 Å². The first-order valence-electron chi connectivity index (χ1n) is 6.81. The van der Waals surface area contributed by atoms with Gasteiger partial charge >= 0.3 is 0 Å². The zero-order valence-corrected chi connectivity index (χ0v) is 12.5. The molecule has 0 fully saturated rings. The van der Waals surface area contributed by atoms with Gasteiger partial charge in [-0.25, -0.2) is 4.98 Å². The first-order valence-corrected chi connectivity index (χ1v) is 7.21. The largest absolute Gasteiger partial charge is 0.440 e. The molecular weight excluding hydrogens is 316 g/mol. The molecule has 1 aliphatic rings. The minimum absolute atomic E-state index is 0.197. The molecule has 0 spiro atoms. The minimum atomic E-state index is -0.291. The molecule has 0 saturated heterocycles. The van der Waals surface area contributed by atoms with Crippen molar-refractivity contribution < 1.29 is 9.53 Å². The number of aromatic amines is 2. The zero-order valence-electron chi connectivity index (χ0n) is 11.7. The molecule has 3 aromatic rings. The van der Waals surface area contributed by atoms with Gasteiger partial charge < -0.3 is 9.72 Å². The van der Waals surface area contributed by atoms with E-state index in [1.807, 2.05) is 0 Å². The van der Waals surface area contributed by atoms with Gasteiger partial charge in [-0.1, -0.05) is 0 Å². The Balaban J connectivity index is 1.76. The molecule has 114 valence electrons. The van der Waals surface area contributed by atoms with Gasteiger partial charge in [0.05, 0.1) is 5.56 Å². The van der Waals surface area contributed by atoms with Gasteiger partial charge in [0.15, 0.2) is 4.77 Å². The molecule has 8 heteroatoms. The average Bonchev–Trinajstić information content (AvgIpc) is 3.06. The lowest BCUT2D eigenvalue weighted by atomic mass is 10.0. The Morgan fingerprint density at radius 1 is 1.35 bits per heavy atom. The molecule has 0 amide bonds. The Labute approximate surface area is 134 Å². The van der Waals surface area contributed by atoms with Crippen molar-refractivity contribution in [3.05, 3.63) is 68.7 Å². The van der Waals surface area contributed by atoms with Gasteiger partial charge in [-0.05, 0) is 30.4 Å². The molecule has 1 aliphatic heterocycles. The van der Waals surface area contributed by atoms with Crippen molar-refractivity contribution in [1.82, 2.24) is 19.5 Å². The van der Waals surface area contributed by atoms with Crippen LogP contribution in [0.5, 0.6) is 11.6 Å². The van der Waals surface area contributed by atoms with E-state index in [0.29, 0.717) is 29.2 Å². The molecule has 23 heavy (non-hydrogen) atoms. The molecule has 2 aromatic heterocycles.